The molecule has 0 bridgehead atoms. The molecule has 0 heterocycles. The van der Waals surface area contributed by atoms with Crippen LogP contribution in [0, 0.1) is 12.8 Å². The Bertz CT molecular complexity index is 754. The molecule has 0 aromatic heterocycles. The molecule has 1 fully saturated rings. The molecule has 0 saturated heterocycles. The summed E-state index contributed by atoms with van der Waals surface area (Å²) in [5, 5.41) is 20.3. The van der Waals surface area contributed by atoms with Crippen LogP contribution in [-0.4, -0.2) is 59.0 Å². The quantitative estimate of drug-likeness (QED) is 0.0368. The van der Waals surface area contributed by atoms with E-state index >= 15 is 0 Å². The Morgan fingerprint density at radius 2 is 0.982 bits per heavy atom. The number of carbonyl (C=O) groups is 1. The molecule has 0 amide bonds. The molecule has 0 spiro atoms. The van der Waals surface area contributed by atoms with Crippen molar-refractivity contribution >= 4 is 5.97 Å². The number of nitrogens with zero attached hydrogens (tertiary/aromatic N) is 1. The summed E-state index contributed by atoms with van der Waals surface area (Å²) in [5.74, 6) is 0.173. The molecule has 2 N–H and O–H groups in total. The molecule has 4 unspecified atom stereocenters. The number of ether oxygens (including phenoxy) is 1. The van der Waals surface area contributed by atoms with Gasteiger partial charge in [0.15, 0.2) is 0 Å². The van der Waals surface area contributed by atoms with Crippen molar-refractivity contribution in [1.82, 2.24) is 4.90 Å². The van der Waals surface area contributed by atoms with Crippen molar-refractivity contribution in [1.29, 1.82) is 0 Å². The molecule has 1 aliphatic carbocycles. The van der Waals surface area contributed by atoms with E-state index in [0.29, 0.717) is 12.6 Å². The molecule has 0 aromatic rings. The van der Waals surface area contributed by atoms with Gasteiger partial charge >= 0.3 is 5.97 Å². The Morgan fingerprint density at radius 3 is 1.47 bits per heavy atom. The van der Waals surface area contributed by atoms with Crippen LogP contribution >= 0.6 is 0 Å². The molecule has 4 atom stereocenters. The first-order chi connectivity index (χ1) is 26.4. The van der Waals surface area contributed by atoms with Crippen molar-refractivity contribution in [2.45, 2.75) is 277 Å². The Morgan fingerprint density at radius 1 is 0.582 bits per heavy atom. The molecule has 0 aliphatic heterocycles. The molecule has 5 nitrogen and oxygen atoms in total. The van der Waals surface area contributed by atoms with Gasteiger partial charge in [0.05, 0.1) is 24.7 Å². The molecular formula is C49H98NO4Y-. The van der Waals surface area contributed by atoms with Gasteiger partial charge in [0.2, 0.25) is 0 Å². The average molecular weight is 854 g/mol. The number of unbranched alkanes of at least 4 members (excludes halogenated alkanes) is 22. The van der Waals surface area contributed by atoms with Crippen LogP contribution in [0.25, 0.3) is 0 Å². The fourth-order valence-corrected chi connectivity index (χ4v) is 8.17. The minimum absolute atomic E-state index is 0. The molecule has 327 valence electrons. The van der Waals surface area contributed by atoms with E-state index in [2.05, 4.69) is 39.5 Å². The zero-order valence-electron chi connectivity index (χ0n) is 37.8. The molecule has 1 radical (unpaired) electrons. The first-order valence-electron chi connectivity index (χ1n) is 24.5. The van der Waals surface area contributed by atoms with Crippen LogP contribution in [0.1, 0.15) is 259 Å². The van der Waals surface area contributed by atoms with E-state index in [1.807, 2.05) is 0 Å². The second-order valence-electron chi connectivity index (χ2n) is 17.1. The van der Waals surface area contributed by atoms with E-state index < -0.39 is 0 Å². The van der Waals surface area contributed by atoms with Crippen molar-refractivity contribution in [3.05, 3.63) is 6.92 Å². The van der Waals surface area contributed by atoms with Crippen molar-refractivity contribution in [3.63, 3.8) is 0 Å². The third-order valence-electron chi connectivity index (χ3n) is 11.9. The summed E-state index contributed by atoms with van der Waals surface area (Å²) < 4.78 is 5.78. The van der Waals surface area contributed by atoms with E-state index in [1.165, 1.54) is 167 Å². The van der Waals surface area contributed by atoms with E-state index in [9.17, 15) is 15.0 Å². The largest absolute Gasteiger partial charge is 0.465 e. The maximum atomic E-state index is 12.8. The minimum Gasteiger partial charge on any atom is -0.465 e. The molecule has 1 aliphatic rings. The first kappa shape index (κ1) is 57.5. The second kappa shape index (κ2) is 45.5. The molecule has 1 saturated carbocycles. The van der Waals surface area contributed by atoms with Gasteiger partial charge in [-0.15, -0.1) is 0 Å². The van der Waals surface area contributed by atoms with Gasteiger partial charge < -0.3 is 21.9 Å². The van der Waals surface area contributed by atoms with E-state index in [1.54, 1.807) is 0 Å². The number of rotatable bonds is 38. The van der Waals surface area contributed by atoms with Crippen molar-refractivity contribution in [2.75, 3.05) is 19.7 Å². The van der Waals surface area contributed by atoms with Crippen LogP contribution in [0.2, 0.25) is 0 Å². The van der Waals surface area contributed by atoms with Gasteiger partial charge in [-0.3, -0.25) is 9.69 Å². The Kier molecular flexibility index (Phi) is 47.6. The number of aliphatic hydroxyl groups excluding tert-OH is 2. The normalized spacial score (nSPS) is 16.7. The SMILES string of the molecule is CCCCCCCCC(O)CCCCCC.[CH2-]CCCCCN(CCCCCCOC(=O)C(CCCCCC)CCCCCCCC)C1CCCCC1O.[Y]. The number of esters is 1. The third kappa shape index (κ3) is 37.2. The summed E-state index contributed by atoms with van der Waals surface area (Å²) in [6, 6.07) is 0.352. The van der Waals surface area contributed by atoms with Crippen LogP contribution in [0.4, 0.5) is 0 Å². The standard InChI is InChI=1S/C34H66NO3.C15H32O.Y/c1-4-7-10-13-14-18-25-31(24-17-11-8-5-2)34(37)38-30-23-16-15-22-29-35(28-21-12-9-6-3)32-26-19-20-27-33(32)36;1-3-5-7-9-10-12-14-15(16)13-11-8-6-4-2;/h31-33,36H,3-30H2,1-2H3;15-16H,3-14H2,1-2H3;/q-1;;. The van der Waals surface area contributed by atoms with Crippen LogP contribution < -0.4 is 0 Å². The van der Waals surface area contributed by atoms with Gasteiger partial charge in [-0.05, 0) is 70.9 Å². The van der Waals surface area contributed by atoms with Gasteiger partial charge in [-0.1, -0.05) is 195 Å². The van der Waals surface area contributed by atoms with Crippen molar-refractivity contribution in [2.24, 2.45) is 5.92 Å². The fourth-order valence-electron chi connectivity index (χ4n) is 8.17. The van der Waals surface area contributed by atoms with Gasteiger partial charge in [0.1, 0.15) is 0 Å². The van der Waals surface area contributed by atoms with Crippen molar-refractivity contribution in [3.8, 4) is 0 Å². The summed E-state index contributed by atoms with van der Waals surface area (Å²) in [4.78, 5) is 15.4. The van der Waals surface area contributed by atoms with Gasteiger partial charge in [0, 0.05) is 38.8 Å². The molecular weight excluding hydrogens is 755 g/mol. The molecule has 55 heavy (non-hydrogen) atoms. The summed E-state index contributed by atoms with van der Waals surface area (Å²) in [6.45, 7) is 15.7. The van der Waals surface area contributed by atoms with E-state index in [0.717, 1.165) is 77.3 Å². The monoisotopic (exact) mass is 854 g/mol. The molecule has 0 aromatic carbocycles. The summed E-state index contributed by atoms with van der Waals surface area (Å²) in [7, 11) is 0. The fraction of sp³-hybridized carbons (Fsp3) is 0.959. The zero-order chi connectivity index (χ0) is 39.7. The Labute approximate surface area is 370 Å². The number of hydrogen-bond acceptors (Lipinski definition) is 5. The van der Waals surface area contributed by atoms with Crippen LogP contribution in [0.15, 0.2) is 0 Å². The van der Waals surface area contributed by atoms with E-state index in [-0.39, 0.29) is 56.8 Å². The smallest absolute Gasteiger partial charge is 0.308 e. The van der Waals surface area contributed by atoms with Crippen LogP contribution in [0.5, 0.6) is 0 Å². The number of carbonyl (C=O) groups excluding carboxylic acids is 1. The summed E-state index contributed by atoms with van der Waals surface area (Å²) in [5.41, 5.74) is 0. The summed E-state index contributed by atoms with van der Waals surface area (Å²) in [6.07, 6.45) is 43.2. The van der Waals surface area contributed by atoms with Crippen molar-refractivity contribution < 1.29 is 52.5 Å². The maximum Gasteiger partial charge on any atom is 0.308 e. The third-order valence-corrected chi connectivity index (χ3v) is 11.9. The van der Waals surface area contributed by atoms with Crippen LogP contribution in [0.3, 0.4) is 0 Å². The van der Waals surface area contributed by atoms with E-state index in [4.69, 9.17) is 4.74 Å². The minimum atomic E-state index is -0.151. The van der Waals surface area contributed by atoms with Gasteiger partial charge in [-0.2, -0.15) is 6.42 Å². The average Bonchev–Trinajstić information content (AvgIpc) is 3.18. The topological polar surface area (TPSA) is 70.0 Å². The predicted octanol–water partition coefficient (Wildman–Crippen LogP) is 14.5. The second-order valence-corrected chi connectivity index (χ2v) is 17.1. The number of aliphatic hydroxyl groups is 2. The zero-order valence-corrected chi connectivity index (χ0v) is 40.7. The number of hydrogen-bond donors (Lipinski definition) is 2. The molecule has 1 rings (SSSR count). The van der Waals surface area contributed by atoms with Gasteiger partial charge in [-0.25, -0.2) is 0 Å². The Hall–Kier alpha value is 0.454. The first-order valence-corrected chi connectivity index (χ1v) is 24.5. The maximum absolute atomic E-state index is 12.8. The predicted molar refractivity (Wildman–Crippen MR) is 236 cm³/mol. The van der Waals surface area contributed by atoms with Crippen LogP contribution in [-0.2, 0) is 42.2 Å². The summed E-state index contributed by atoms with van der Waals surface area (Å²) >= 11 is 0. The van der Waals surface area contributed by atoms with Gasteiger partial charge in [0.25, 0.3) is 0 Å². The molecule has 6 heteroatoms. The Balaban J connectivity index is 0.